The maximum atomic E-state index is 12.0. The molecule has 0 unspecified atom stereocenters. The van der Waals surface area contributed by atoms with Gasteiger partial charge >= 0.3 is 5.97 Å². The summed E-state index contributed by atoms with van der Waals surface area (Å²) < 4.78 is 4.89. The average molecular weight is 302 g/mol. The second-order valence-electron chi connectivity index (χ2n) is 4.96. The zero-order valence-electron chi connectivity index (χ0n) is 13.0. The van der Waals surface area contributed by atoms with Crippen LogP contribution in [0.3, 0.4) is 0 Å². The van der Waals surface area contributed by atoms with Crippen LogP contribution in [-0.4, -0.2) is 40.5 Å². The van der Waals surface area contributed by atoms with Gasteiger partial charge in [0.2, 0.25) is 0 Å². The van der Waals surface area contributed by atoms with Crippen molar-refractivity contribution in [1.82, 2.24) is 20.3 Å². The number of nitrogens with zero attached hydrogens (tertiary/aromatic N) is 3. The molecular formula is C15H18N4O3. The second-order valence-corrected chi connectivity index (χ2v) is 4.96. The molecule has 1 N–H and O–H groups in total. The molecule has 0 radical (unpaired) electrons. The SMILES string of the molecule is CNC(=O)COC(=O)c1nn(-c2ccc(C)cc2C)nc1C. The molecule has 116 valence electrons. The first-order valence-corrected chi connectivity index (χ1v) is 6.81. The molecule has 0 bridgehead atoms. The molecular weight excluding hydrogens is 284 g/mol. The Labute approximate surface area is 128 Å². The molecule has 2 aromatic rings. The van der Waals surface area contributed by atoms with Crippen LogP contribution >= 0.6 is 0 Å². The van der Waals surface area contributed by atoms with Crippen molar-refractivity contribution in [3.8, 4) is 5.69 Å². The monoisotopic (exact) mass is 302 g/mol. The first-order chi connectivity index (χ1) is 10.4. The van der Waals surface area contributed by atoms with Crippen LogP contribution in [-0.2, 0) is 9.53 Å². The number of benzene rings is 1. The Morgan fingerprint density at radius 2 is 1.95 bits per heavy atom. The van der Waals surface area contributed by atoms with Crippen molar-refractivity contribution >= 4 is 11.9 Å². The third-order valence-electron chi connectivity index (χ3n) is 3.16. The molecule has 22 heavy (non-hydrogen) atoms. The van der Waals surface area contributed by atoms with E-state index in [1.54, 1.807) is 6.92 Å². The van der Waals surface area contributed by atoms with E-state index in [9.17, 15) is 9.59 Å². The molecule has 1 heterocycles. The smallest absolute Gasteiger partial charge is 0.361 e. The highest BCUT2D eigenvalue weighted by Gasteiger charge is 2.19. The number of amides is 1. The largest absolute Gasteiger partial charge is 0.451 e. The van der Waals surface area contributed by atoms with Crippen LogP contribution in [0.15, 0.2) is 18.2 Å². The maximum Gasteiger partial charge on any atom is 0.361 e. The Morgan fingerprint density at radius 3 is 2.59 bits per heavy atom. The lowest BCUT2D eigenvalue weighted by Gasteiger charge is -2.05. The van der Waals surface area contributed by atoms with Crippen molar-refractivity contribution in [3.05, 3.63) is 40.7 Å². The lowest BCUT2D eigenvalue weighted by molar-refractivity contribution is -0.123. The van der Waals surface area contributed by atoms with Gasteiger partial charge < -0.3 is 10.1 Å². The van der Waals surface area contributed by atoms with Gasteiger partial charge in [0.1, 0.15) is 0 Å². The molecule has 7 nitrogen and oxygen atoms in total. The van der Waals surface area contributed by atoms with Crippen molar-refractivity contribution in [2.45, 2.75) is 20.8 Å². The summed E-state index contributed by atoms with van der Waals surface area (Å²) in [5.74, 6) is -1.05. The third-order valence-corrected chi connectivity index (χ3v) is 3.16. The summed E-state index contributed by atoms with van der Waals surface area (Å²) in [5, 5.41) is 10.8. The number of aromatic nitrogens is 3. The van der Waals surface area contributed by atoms with Gasteiger partial charge in [-0.05, 0) is 32.4 Å². The number of carbonyl (C=O) groups excluding carboxylic acids is 2. The van der Waals surface area contributed by atoms with Gasteiger partial charge in [-0.1, -0.05) is 17.7 Å². The van der Waals surface area contributed by atoms with E-state index < -0.39 is 5.97 Å². The predicted octanol–water partition coefficient (Wildman–Crippen LogP) is 1.10. The number of nitrogens with one attached hydrogen (secondary N) is 1. The van der Waals surface area contributed by atoms with Crippen LogP contribution in [0, 0.1) is 20.8 Å². The minimum absolute atomic E-state index is 0.101. The Kier molecular flexibility index (Phi) is 4.55. The summed E-state index contributed by atoms with van der Waals surface area (Å²) >= 11 is 0. The minimum Gasteiger partial charge on any atom is -0.451 e. The van der Waals surface area contributed by atoms with Gasteiger partial charge in [0.25, 0.3) is 5.91 Å². The Balaban J connectivity index is 2.24. The fourth-order valence-corrected chi connectivity index (χ4v) is 1.98. The molecule has 0 saturated heterocycles. The van der Waals surface area contributed by atoms with Crippen molar-refractivity contribution in [2.75, 3.05) is 13.7 Å². The van der Waals surface area contributed by atoms with E-state index in [-0.39, 0.29) is 18.2 Å². The maximum absolute atomic E-state index is 12.0. The van der Waals surface area contributed by atoms with Gasteiger partial charge in [0.05, 0.1) is 11.4 Å². The summed E-state index contributed by atoms with van der Waals surface area (Å²) in [6, 6.07) is 5.85. The molecule has 0 atom stereocenters. The van der Waals surface area contributed by atoms with Crippen LogP contribution in [0.2, 0.25) is 0 Å². The van der Waals surface area contributed by atoms with Gasteiger partial charge in [0.15, 0.2) is 12.3 Å². The molecule has 7 heteroatoms. The van der Waals surface area contributed by atoms with Crippen molar-refractivity contribution in [3.63, 3.8) is 0 Å². The second kappa shape index (κ2) is 6.38. The van der Waals surface area contributed by atoms with E-state index in [2.05, 4.69) is 15.5 Å². The number of hydrogen-bond acceptors (Lipinski definition) is 5. The average Bonchev–Trinajstić information content (AvgIpc) is 2.86. The minimum atomic E-state index is -0.669. The van der Waals surface area contributed by atoms with E-state index in [4.69, 9.17) is 4.74 Å². The predicted molar refractivity (Wildman–Crippen MR) is 79.9 cm³/mol. The Morgan fingerprint density at radius 1 is 1.23 bits per heavy atom. The number of aryl methyl sites for hydroxylation is 3. The van der Waals surface area contributed by atoms with Crippen LogP contribution in [0.4, 0.5) is 0 Å². The zero-order valence-corrected chi connectivity index (χ0v) is 13.0. The standard InChI is InChI=1S/C15H18N4O3/c1-9-5-6-12(10(2)7-9)19-17-11(3)14(18-19)15(21)22-8-13(20)16-4/h5-7H,8H2,1-4H3,(H,16,20). The van der Waals surface area contributed by atoms with Gasteiger partial charge in [-0.3, -0.25) is 4.79 Å². The normalized spacial score (nSPS) is 10.4. The van der Waals surface area contributed by atoms with Gasteiger partial charge in [-0.25, -0.2) is 4.79 Å². The van der Waals surface area contributed by atoms with Crippen LogP contribution in [0.1, 0.15) is 27.3 Å². The molecule has 0 saturated carbocycles. The quantitative estimate of drug-likeness (QED) is 0.855. The molecule has 1 amide bonds. The van der Waals surface area contributed by atoms with Gasteiger partial charge in [-0.2, -0.15) is 9.90 Å². The third kappa shape index (κ3) is 3.30. The molecule has 0 aliphatic rings. The Bertz CT molecular complexity index is 722. The molecule has 0 aliphatic carbocycles. The summed E-state index contributed by atoms with van der Waals surface area (Å²) in [6.07, 6.45) is 0. The number of hydrogen-bond donors (Lipinski definition) is 1. The topological polar surface area (TPSA) is 86.1 Å². The van der Waals surface area contributed by atoms with E-state index in [1.165, 1.54) is 11.8 Å². The molecule has 0 aliphatic heterocycles. The van der Waals surface area contributed by atoms with Gasteiger partial charge in [0, 0.05) is 7.05 Å². The lowest BCUT2D eigenvalue weighted by Crippen LogP contribution is -2.25. The highest BCUT2D eigenvalue weighted by Crippen LogP contribution is 2.15. The highest BCUT2D eigenvalue weighted by atomic mass is 16.5. The van der Waals surface area contributed by atoms with Crippen molar-refractivity contribution in [1.29, 1.82) is 0 Å². The molecule has 1 aromatic heterocycles. The lowest BCUT2D eigenvalue weighted by atomic mass is 10.1. The summed E-state index contributed by atoms with van der Waals surface area (Å²) in [7, 11) is 1.47. The number of likely N-dealkylation sites (N-methyl/N-ethyl adjacent to an activating group) is 1. The summed E-state index contributed by atoms with van der Waals surface area (Å²) in [5.41, 5.74) is 3.47. The van der Waals surface area contributed by atoms with E-state index in [0.717, 1.165) is 16.8 Å². The first kappa shape index (κ1) is 15.7. The molecule has 0 fully saturated rings. The highest BCUT2D eigenvalue weighted by molar-refractivity contribution is 5.90. The van der Waals surface area contributed by atoms with Crippen LogP contribution in [0.25, 0.3) is 5.69 Å². The fourth-order valence-electron chi connectivity index (χ4n) is 1.98. The first-order valence-electron chi connectivity index (χ1n) is 6.81. The summed E-state index contributed by atoms with van der Waals surface area (Å²) in [4.78, 5) is 24.5. The van der Waals surface area contributed by atoms with Crippen molar-refractivity contribution < 1.29 is 14.3 Å². The summed E-state index contributed by atoms with van der Waals surface area (Å²) in [6.45, 7) is 5.28. The number of rotatable bonds is 4. The number of esters is 1. The molecule has 1 aromatic carbocycles. The zero-order chi connectivity index (χ0) is 16.3. The molecule has 2 rings (SSSR count). The fraction of sp³-hybridized carbons (Fsp3) is 0.333. The van der Waals surface area contributed by atoms with Crippen LogP contribution in [0.5, 0.6) is 0 Å². The van der Waals surface area contributed by atoms with Gasteiger partial charge in [-0.15, -0.1) is 5.10 Å². The number of ether oxygens (including phenoxy) is 1. The van der Waals surface area contributed by atoms with Crippen LogP contribution < -0.4 is 5.32 Å². The van der Waals surface area contributed by atoms with E-state index in [1.807, 2.05) is 32.0 Å². The van der Waals surface area contributed by atoms with E-state index in [0.29, 0.717) is 5.69 Å². The number of carbonyl (C=O) groups is 2. The van der Waals surface area contributed by atoms with Crippen molar-refractivity contribution in [2.24, 2.45) is 0 Å². The Hall–Kier alpha value is -2.70. The van der Waals surface area contributed by atoms with E-state index >= 15 is 0 Å². The molecule has 0 spiro atoms.